The molecule has 2 aromatic rings. The number of hydrogen-bond acceptors (Lipinski definition) is 2. The van der Waals surface area contributed by atoms with Gasteiger partial charge in [0.15, 0.2) is 0 Å². The second kappa shape index (κ2) is 4.29. The van der Waals surface area contributed by atoms with Gasteiger partial charge in [0, 0.05) is 11.5 Å². The average Bonchev–Trinajstić information content (AvgIpc) is 2.23. The van der Waals surface area contributed by atoms with Crippen molar-refractivity contribution in [1.29, 1.82) is 0 Å². The molecular weight excluding hydrogens is 228 g/mol. The first-order valence-corrected chi connectivity index (χ1v) is 5.80. The van der Waals surface area contributed by atoms with Crippen LogP contribution in [0.2, 0.25) is 0 Å². The fourth-order valence-corrected chi connectivity index (χ4v) is 2.38. The van der Waals surface area contributed by atoms with E-state index < -0.39 is 5.91 Å². The largest absolute Gasteiger partial charge is 0.368 e. The van der Waals surface area contributed by atoms with Gasteiger partial charge in [-0.15, -0.1) is 0 Å². The molecule has 4 nitrogen and oxygen atoms in total. The smallest absolute Gasteiger partial charge is 0.251 e. The molecule has 0 fully saturated rings. The number of nitrogens with zero attached hydrogens (tertiary/aromatic N) is 1. The third kappa shape index (κ3) is 2.01. The van der Waals surface area contributed by atoms with Crippen molar-refractivity contribution in [2.75, 3.05) is 0 Å². The maximum absolute atomic E-state index is 12.0. The lowest BCUT2D eigenvalue weighted by atomic mass is 10.0. The Kier molecular flexibility index (Phi) is 2.95. The summed E-state index contributed by atoms with van der Waals surface area (Å²) in [5, 5.41) is 0.994. The van der Waals surface area contributed by atoms with Crippen molar-refractivity contribution in [1.82, 2.24) is 4.57 Å². The minimum atomic E-state index is -0.512. The molecule has 0 aliphatic heterocycles. The van der Waals surface area contributed by atoms with E-state index in [0.29, 0.717) is 0 Å². The van der Waals surface area contributed by atoms with E-state index in [1.54, 1.807) is 6.07 Å². The molecule has 0 saturated carbocycles. The van der Waals surface area contributed by atoms with Crippen molar-refractivity contribution in [3.8, 4) is 0 Å². The van der Waals surface area contributed by atoms with Gasteiger partial charge in [-0.05, 0) is 38.0 Å². The lowest BCUT2D eigenvalue weighted by Crippen LogP contribution is -2.28. The summed E-state index contributed by atoms with van der Waals surface area (Å²) in [6.07, 6.45) is 0. The minimum absolute atomic E-state index is 0.0838. The number of aryl methyl sites for hydroxylation is 3. The van der Waals surface area contributed by atoms with Crippen LogP contribution in [0.3, 0.4) is 0 Å². The first-order chi connectivity index (χ1) is 8.40. The number of carbonyl (C=O) groups is 1. The van der Waals surface area contributed by atoms with Gasteiger partial charge in [0.25, 0.3) is 5.56 Å². The molecule has 0 spiro atoms. The molecule has 4 heteroatoms. The summed E-state index contributed by atoms with van der Waals surface area (Å²) in [5.74, 6) is -0.512. The van der Waals surface area contributed by atoms with Crippen molar-refractivity contribution in [3.05, 3.63) is 45.2 Å². The van der Waals surface area contributed by atoms with Gasteiger partial charge in [0.1, 0.15) is 6.54 Å². The summed E-state index contributed by atoms with van der Waals surface area (Å²) < 4.78 is 1.44. The number of carbonyl (C=O) groups excluding carboxylic acids is 1. The first kappa shape index (κ1) is 12.4. The fraction of sp³-hybridized carbons (Fsp3) is 0.286. The monoisotopic (exact) mass is 244 g/mol. The van der Waals surface area contributed by atoms with Gasteiger partial charge in [0.05, 0.1) is 5.52 Å². The molecule has 18 heavy (non-hydrogen) atoms. The molecule has 0 aliphatic rings. The number of rotatable bonds is 2. The molecular formula is C14H16N2O2. The van der Waals surface area contributed by atoms with E-state index in [0.717, 1.165) is 27.6 Å². The fourth-order valence-electron chi connectivity index (χ4n) is 2.38. The van der Waals surface area contributed by atoms with Crippen molar-refractivity contribution in [3.63, 3.8) is 0 Å². The van der Waals surface area contributed by atoms with Gasteiger partial charge in [-0.1, -0.05) is 11.6 Å². The number of nitrogens with two attached hydrogens (primary N) is 1. The lowest BCUT2D eigenvalue weighted by Gasteiger charge is -2.13. The average molecular weight is 244 g/mol. The Morgan fingerprint density at radius 2 is 1.83 bits per heavy atom. The second-order valence-corrected chi connectivity index (χ2v) is 4.70. The second-order valence-electron chi connectivity index (χ2n) is 4.70. The standard InChI is InChI=1S/C14H16N2O2/c1-8-4-10(3)14-11(5-8)9(2)6-13(18)16(14)7-12(15)17/h4-6H,7H2,1-3H3,(H2,15,17). The zero-order valence-electron chi connectivity index (χ0n) is 10.8. The molecule has 94 valence electrons. The van der Waals surface area contributed by atoms with Crippen molar-refractivity contribution in [2.45, 2.75) is 27.3 Å². The molecule has 0 unspecified atom stereocenters. The molecule has 0 aliphatic carbocycles. The van der Waals surface area contributed by atoms with Gasteiger partial charge in [-0.25, -0.2) is 0 Å². The number of fused-ring (bicyclic) bond motifs is 1. The quantitative estimate of drug-likeness (QED) is 0.868. The summed E-state index contributed by atoms with van der Waals surface area (Å²) in [5.41, 5.74) is 8.84. The number of amides is 1. The van der Waals surface area contributed by atoms with E-state index in [2.05, 4.69) is 0 Å². The summed E-state index contributed by atoms with van der Waals surface area (Å²) >= 11 is 0. The Balaban J connectivity index is 2.93. The molecule has 1 aromatic heterocycles. The van der Waals surface area contributed by atoms with E-state index in [1.165, 1.54) is 4.57 Å². The van der Waals surface area contributed by atoms with Gasteiger partial charge in [-0.3, -0.25) is 14.2 Å². The van der Waals surface area contributed by atoms with Crippen LogP contribution in [-0.4, -0.2) is 10.5 Å². The number of hydrogen-bond donors (Lipinski definition) is 1. The first-order valence-electron chi connectivity index (χ1n) is 5.80. The molecule has 2 rings (SSSR count). The number of primary amides is 1. The van der Waals surface area contributed by atoms with Crippen LogP contribution in [0.15, 0.2) is 23.0 Å². The lowest BCUT2D eigenvalue weighted by molar-refractivity contribution is -0.118. The Bertz CT molecular complexity index is 699. The van der Waals surface area contributed by atoms with Gasteiger partial charge in [-0.2, -0.15) is 0 Å². The van der Waals surface area contributed by atoms with Gasteiger partial charge >= 0.3 is 0 Å². The maximum atomic E-state index is 12.0. The van der Waals surface area contributed by atoms with Crippen LogP contribution in [0.4, 0.5) is 0 Å². The van der Waals surface area contributed by atoms with Crippen molar-refractivity contribution >= 4 is 16.8 Å². The van der Waals surface area contributed by atoms with Crippen LogP contribution in [0, 0.1) is 20.8 Å². The van der Waals surface area contributed by atoms with E-state index in [4.69, 9.17) is 5.73 Å². The Labute approximate surface area is 105 Å². The summed E-state index contributed by atoms with van der Waals surface area (Å²) in [7, 11) is 0. The van der Waals surface area contributed by atoms with E-state index in [9.17, 15) is 9.59 Å². The highest BCUT2D eigenvalue weighted by Gasteiger charge is 2.11. The molecule has 2 N–H and O–H groups in total. The van der Waals surface area contributed by atoms with E-state index in [-0.39, 0.29) is 12.1 Å². The van der Waals surface area contributed by atoms with Crippen LogP contribution < -0.4 is 11.3 Å². The molecule has 0 radical (unpaired) electrons. The van der Waals surface area contributed by atoms with E-state index in [1.807, 2.05) is 32.9 Å². The number of aromatic nitrogens is 1. The van der Waals surface area contributed by atoms with E-state index >= 15 is 0 Å². The van der Waals surface area contributed by atoms with Gasteiger partial charge < -0.3 is 5.73 Å². The normalized spacial score (nSPS) is 10.8. The third-order valence-electron chi connectivity index (χ3n) is 3.06. The van der Waals surface area contributed by atoms with Crippen LogP contribution in [0.1, 0.15) is 16.7 Å². The summed E-state index contributed by atoms with van der Waals surface area (Å²) in [4.78, 5) is 23.1. The molecule has 0 saturated heterocycles. The van der Waals surface area contributed by atoms with Crippen LogP contribution in [-0.2, 0) is 11.3 Å². The molecule has 0 bridgehead atoms. The minimum Gasteiger partial charge on any atom is -0.368 e. The zero-order valence-corrected chi connectivity index (χ0v) is 10.8. The van der Waals surface area contributed by atoms with Crippen LogP contribution in [0.25, 0.3) is 10.9 Å². The topological polar surface area (TPSA) is 65.1 Å². The van der Waals surface area contributed by atoms with Crippen LogP contribution >= 0.6 is 0 Å². The number of benzene rings is 1. The Morgan fingerprint density at radius 3 is 2.44 bits per heavy atom. The SMILES string of the molecule is Cc1cc(C)c2c(c1)c(C)cc(=O)n2CC(N)=O. The summed E-state index contributed by atoms with van der Waals surface area (Å²) in [6.45, 7) is 5.76. The highest BCUT2D eigenvalue weighted by atomic mass is 16.2. The predicted octanol–water partition coefficient (Wildman–Crippen LogP) is 1.41. The molecule has 0 atom stereocenters. The molecule has 1 amide bonds. The van der Waals surface area contributed by atoms with Gasteiger partial charge in [0.2, 0.25) is 5.91 Å². The highest BCUT2D eigenvalue weighted by molar-refractivity contribution is 5.87. The molecule has 1 heterocycles. The highest BCUT2D eigenvalue weighted by Crippen LogP contribution is 2.22. The third-order valence-corrected chi connectivity index (χ3v) is 3.06. The summed E-state index contributed by atoms with van der Waals surface area (Å²) in [6, 6.07) is 5.57. The number of pyridine rings is 1. The Morgan fingerprint density at radius 1 is 1.17 bits per heavy atom. The predicted molar refractivity (Wildman–Crippen MR) is 71.6 cm³/mol. The van der Waals surface area contributed by atoms with Crippen LogP contribution in [0.5, 0.6) is 0 Å². The van der Waals surface area contributed by atoms with Crippen molar-refractivity contribution in [2.24, 2.45) is 5.73 Å². The zero-order chi connectivity index (χ0) is 13.4. The molecule has 1 aromatic carbocycles. The Hall–Kier alpha value is -2.10. The van der Waals surface area contributed by atoms with Crippen molar-refractivity contribution < 1.29 is 4.79 Å². The maximum Gasteiger partial charge on any atom is 0.251 e.